The fourth-order valence-electron chi connectivity index (χ4n) is 6.50. The zero-order valence-corrected chi connectivity index (χ0v) is 36.7. The molecular weight excluding hydrogens is 765 g/mol. The molecule has 4 N–H and O–H groups in total. The van der Waals surface area contributed by atoms with Gasteiger partial charge in [-0.15, -0.1) is 0 Å². The smallest absolute Gasteiger partial charge is 0.397 e. The lowest BCUT2D eigenvalue weighted by atomic mass is 9.99. The molecule has 1 aliphatic heterocycles. The first-order valence-corrected chi connectivity index (χ1v) is 23.8. The number of allylic oxidation sites excluding steroid dienone is 8. The number of hydrogen-bond acceptors (Lipinski definition) is 11. The van der Waals surface area contributed by atoms with E-state index in [1.165, 1.54) is 64.2 Å². The van der Waals surface area contributed by atoms with E-state index in [1.54, 1.807) is 0 Å². The molecule has 0 spiro atoms. The van der Waals surface area contributed by atoms with Gasteiger partial charge in [0.2, 0.25) is 0 Å². The summed E-state index contributed by atoms with van der Waals surface area (Å²) in [5, 5.41) is 30.6. The molecule has 0 aromatic rings. The number of aliphatic hydroxyl groups is 3. The molecule has 0 aromatic carbocycles. The third-order valence-corrected chi connectivity index (χ3v) is 10.4. The molecule has 58 heavy (non-hydrogen) atoms. The van der Waals surface area contributed by atoms with Gasteiger partial charge in [0, 0.05) is 13.0 Å². The van der Waals surface area contributed by atoms with Gasteiger partial charge in [0.1, 0.15) is 30.5 Å². The molecule has 1 saturated heterocycles. The maximum atomic E-state index is 12.8. The standard InChI is InChI=1S/C45H80O12S/c1-3-5-7-9-11-13-15-17-18-19-20-21-23-25-27-29-31-33-35-53-37-39(38-54-45-43(49)44(57-58(50,51)52)42(48)40(36-46)56-45)55-41(47)34-32-30-28-26-24-22-16-14-12-10-8-6-4-2/h8,10-11,13-14,16-18,39-40,42-46,48-49H,3-7,9,12,15,19-38H2,1-2H3,(H,50,51,52)/b10-8-,13-11-,16-14-,18-17-. The maximum absolute atomic E-state index is 12.8. The van der Waals surface area contributed by atoms with Crippen LogP contribution in [0.5, 0.6) is 0 Å². The molecular formula is C45H80O12S. The first-order chi connectivity index (χ1) is 28.1. The zero-order valence-electron chi connectivity index (χ0n) is 35.8. The van der Waals surface area contributed by atoms with Crippen LogP contribution >= 0.6 is 0 Å². The quantitative estimate of drug-likeness (QED) is 0.0201. The van der Waals surface area contributed by atoms with E-state index in [0.717, 1.165) is 77.0 Å². The van der Waals surface area contributed by atoms with Gasteiger partial charge in [-0.3, -0.25) is 9.35 Å². The summed E-state index contributed by atoms with van der Waals surface area (Å²) in [7, 11) is -5.06. The van der Waals surface area contributed by atoms with Crippen LogP contribution < -0.4 is 0 Å². The Kier molecular flexibility index (Phi) is 34.4. The fraction of sp³-hybridized carbons (Fsp3) is 0.800. The van der Waals surface area contributed by atoms with Gasteiger partial charge in [0.25, 0.3) is 0 Å². The van der Waals surface area contributed by atoms with Gasteiger partial charge in [-0.2, -0.15) is 8.42 Å². The van der Waals surface area contributed by atoms with Crippen LogP contribution in [0, 0.1) is 0 Å². The molecule has 1 rings (SSSR count). The number of unbranched alkanes of at least 4 members (excludes halogenated alkanes) is 17. The number of carbonyl (C=O) groups is 1. The van der Waals surface area contributed by atoms with E-state index in [4.69, 9.17) is 23.5 Å². The average molecular weight is 845 g/mol. The molecule has 338 valence electrons. The third-order valence-electron chi connectivity index (χ3n) is 9.90. The number of esters is 1. The first kappa shape index (κ1) is 54.1. The Hall–Kier alpha value is -1.94. The normalized spacial score (nSPS) is 21.0. The van der Waals surface area contributed by atoms with Crippen molar-refractivity contribution < 1.29 is 56.2 Å². The summed E-state index contributed by atoms with van der Waals surface area (Å²) in [4.78, 5) is 12.8. The van der Waals surface area contributed by atoms with Crippen molar-refractivity contribution in [1.82, 2.24) is 0 Å². The summed E-state index contributed by atoms with van der Waals surface area (Å²) in [6.45, 7) is 3.86. The molecule has 0 saturated carbocycles. The van der Waals surface area contributed by atoms with Gasteiger partial charge in [-0.1, -0.05) is 140 Å². The SMILES string of the molecule is CCC/C=C\C/C=C\CCCCCCCC(=O)OC(COCCCCCCCCCC/C=C\C/C=C\CCCCC)COC1OC(CO)C(O)C(OS(=O)(=O)O)C1O. The molecule has 1 fully saturated rings. The van der Waals surface area contributed by atoms with Gasteiger partial charge in [-0.25, -0.2) is 4.18 Å². The van der Waals surface area contributed by atoms with Crippen molar-refractivity contribution in [2.75, 3.05) is 26.4 Å². The minimum absolute atomic E-state index is 0.0250. The molecule has 0 aromatic heterocycles. The number of aliphatic hydroxyl groups excluding tert-OH is 3. The van der Waals surface area contributed by atoms with E-state index in [2.05, 4.69) is 66.6 Å². The van der Waals surface area contributed by atoms with Gasteiger partial charge in [0.15, 0.2) is 6.29 Å². The molecule has 0 bridgehead atoms. The summed E-state index contributed by atoms with van der Waals surface area (Å²) >= 11 is 0. The zero-order chi connectivity index (χ0) is 42.5. The Labute approximate surface area is 351 Å². The highest BCUT2D eigenvalue weighted by atomic mass is 32.3. The summed E-state index contributed by atoms with van der Waals surface area (Å²) in [5.41, 5.74) is 0. The highest BCUT2D eigenvalue weighted by molar-refractivity contribution is 7.80. The highest BCUT2D eigenvalue weighted by Gasteiger charge is 2.48. The largest absolute Gasteiger partial charge is 0.457 e. The molecule has 6 unspecified atom stereocenters. The van der Waals surface area contributed by atoms with Crippen LogP contribution in [-0.2, 0) is 38.3 Å². The van der Waals surface area contributed by atoms with Crippen molar-refractivity contribution in [3.8, 4) is 0 Å². The van der Waals surface area contributed by atoms with Crippen LogP contribution in [0.4, 0.5) is 0 Å². The summed E-state index contributed by atoms with van der Waals surface area (Å²) in [6, 6.07) is 0. The van der Waals surface area contributed by atoms with Gasteiger partial charge < -0.3 is 34.3 Å². The summed E-state index contributed by atoms with van der Waals surface area (Å²) in [5.74, 6) is -0.418. The second-order valence-corrected chi connectivity index (χ2v) is 16.3. The predicted octanol–water partition coefficient (Wildman–Crippen LogP) is 9.19. The number of rotatable bonds is 38. The average Bonchev–Trinajstić information content (AvgIpc) is 3.19. The highest BCUT2D eigenvalue weighted by Crippen LogP contribution is 2.26. The molecule has 13 heteroatoms. The van der Waals surface area contributed by atoms with Gasteiger partial charge in [0.05, 0.1) is 19.8 Å². The van der Waals surface area contributed by atoms with E-state index in [1.807, 2.05) is 0 Å². The Bertz CT molecular complexity index is 1200. The molecule has 0 aliphatic carbocycles. The van der Waals surface area contributed by atoms with Gasteiger partial charge in [-0.05, 0) is 70.6 Å². The Morgan fingerprint density at radius 3 is 1.71 bits per heavy atom. The lowest BCUT2D eigenvalue weighted by Crippen LogP contribution is -2.60. The van der Waals surface area contributed by atoms with E-state index < -0.39 is 59.8 Å². The Morgan fingerprint density at radius 1 is 0.655 bits per heavy atom. The van der Waals surface area contributed by atoms with E-state index >= 15 is 0 Å². The Balaban J connectivity index is 2.44. The monoisotopic (exact) mass is 845 g/mol. The number of ether oxygens (including phenoxy) is 4. The second kappa shape index (κ2) is 36.9. The minimum Gasteiger partial charge on any atom is -0.457 e. The summed E-state index contributed by atoms with van der Waals surface area (Å²) < 4.78 is 59.0. The van der Waals surface area contributed by atoms with Crippen molar-refractivity contribution in [3.05, 3.63) is 48.6 Å². The molecule has 1 heterocycles. The number of hydrogen-bond donors (Lipinski definition) is 4. The first-order valence-electron chi connectivity index (χ1n) is 22.4. The van der Waals surface area contributed by atoms with Gasteiger partial charge >= 0.3 is 16.4 Å². The molecule has 1 aliphatic rings. The van der Waals surface area contributed by atoms with Crippen molar-refractivity contribution in [2.45, 2.75) is 205 Å². The third kappa shape index (κ3) is 30.1. The number of carbonyl (C=O) groups excluding carboxylic acids is 1. The Morgan fingerprint density at radius 2 is 1.17 bits per heavy atom. The van der Waals surface area contributed by atoms with E-state index in [0.29, 0.717) is 13.0 Å². The van der Waals surface area contributed by atoms with Crippen LogP contribution in [0.25, 0.3) is 0 Å². The molecule has 6 atom stereocenters. The van der Waals surface area contributed by atoms with Crippen molar-refractivity contribution in [3.63, 3.8) is 0 Å². The second-order valence-electron chi connectivity index (χ2n) is 15.3. The van der Waals surface area contributed by atoms with Crippen LogP contribution in [0.15, 0.2) is 48.6 Å². The van der Waals surface area contributed by atoms with Crippen LogP contribution in [0.2, 0.25) is 0 Å². The predicted molar refractivity (Wildman–Crippen MR) is 230 cm³/mol. The van der Waals surface area contributed by atoms with Crippen molar-refractivity contribution >= 4 is 16.4 Å². The van der Waals surface area contributed by atoms with E-state index in [9.17, 15) is 28.5 Å². The van der Waals surface area contributed by atoms with Crippen molar-refractivity contribution in [1.29, 1.82) is 0 Å². The molecule has 0 amide bonds. The topological polar surface area (TPSA) is 178 Å². The van der Waals surface area contributed by atoms with Crippen molar-refractivity contribution in [2.24, 2.45) is 0 Å². The van der Waals surface area contributed by atoms with Crippen LogP contribution in [0.3, 0.4) is 0 Å². The fourth-order valence-corrected chi connectivity index (χ4v) is 7.01. The molecule has 12 nitrogen and oxygen atoms in total. The molecule has 0 radical (unpaired) electrons. The lowest BCUT2D eigenvalue weighted by molar-refractivity contribution is -0.301. The van der Waals surface area contributed by atoms with E-state index in [-0.39, 0.29) is 19.6 Å². The maximum Gasteiger partial charge on any atom is 0.397 e. The van der Waals surface area contributed by atoms with Crippen LogP contribution in [0.1, 0.15) is 168 Å². The lowest BCUT2D eigenvalue weighted by Gasteiger charge is -2.41. The summed E-state index contributed by atoms with van der Waals surface area (Å²) in [6.07, 6.45) is 34.3. The van der Waals surface area contributed by atoms with Crippen LogP contribution in [-0.4, -0.2) is 97.5 Å². The minimum atomic E-state index is -5.06.